The summed E-state index contributed by atoms with van der Waals surface area (Å²) in [6.07, 6.45) is 4.18. The minimum Gasteiger partial charge on any atom is -0.316 e. The summed E-state index contributed by atoms with van der Waals surface area (Å²) >= 11 is 2.90. The van der Waals surface area contributed by atoms with Gasteiger partial charge in [0, 0.05) is 10.3 Å². The summed E-state index contributed by atoms with van der Waals surface area (Å²) in [5.41, 5.74) is 4.71. The molecule has 30 heavy (non-hydrogen) atoms. The summed E-state index contributed by atoms with van der Waals surface area (Å²) in [7, 11) is 0. The molecule has 5 rings (SSSR count). The number of carbonyl (C=O) groups is 1. The number of aryl methyl sites for hydroxylation is 2. The van der Waals surface area contributed by atoms with Gasteiger partial charge in [-0.05, 0) is 55.9 Å². The van der Waals surface area contributed by atoms with E-state index in [4.69, 9.17) is 0 Å². The van der Waals surface area contributed by atoms with E-state index >= 15 is 0 Å². The molecule has 0 saturated carbocycles. The van der Waals surface area contributed by atoms with Crippen LogP contribution in [0.4, 0.5) is 5.00 Å². The van der Waals surface area contributed by atoms with Crippen LogP contribution in [0.25, 0.3) is 16.6 Å². The van der Waals surface area contributed by atoms with Crippen LogP contribution < -0.4 is 5.32 Å². The maximum absolute atomic E-state index is 12.7. The van der Waals surface area contributed by atoms with E-state index in [0.717, 1.165) is 53.4 Å². The number of thioether (sulfide) groups is 1. The first-order chi connectivity index (χ1) is 14.7. The Morgan fingerprint density at radius 2 is 2.13 bits per heavy atom. The molecule has 0 spiro atoms. The zero-order chi connectivity index (χ0) is 20.7. The van der Waals surface area contributed by atoms with E-state index < -0.39 is 0 Å². The molecule has 0 radical (unpaired) electrons. The van der Waals surface area contributed by atoms with E-state index in [9.17, 15) is 10.1 Å². The second-order valence-electron chi connectivity index (χ2n) is 7.38. The van der Waals surface area contributed by atoms with Crippen LogP contribution >= 0.6 is 23.1 Å². The SMILES string of the molecule is Cc1cc2nnc(SCC(=O)Nc3sc4c(c3C#N)CCCC4)n2c2ccccc12. The van der Waals surface area contributed by atoms with Crippen molar-refractivity contribution in [2.75, 3.05) is 11.1 Å². The molecule has 1 amide bonds. The average Bonchev–Trinajstić information content (AvgIpc) is 3.32. The quantitative estimate of drug-likeness (QED) is 0.470. The van der Waals surface area contributed by atoms with Gasteiger partial charge in [0.1, 0.15) is 11.1 Å². The third-order valence-corrected chi connectivity index (χ3v) is 7.58. The number of hydrogen-bond donors (Lipinski definition) is 1. The summed E-state index contributed by atoms with van der Waals surface area (Å²) in [5, 5.41) is 23.6. The number of hydrogen-bond acceptors (Lipinski definition) is 6. The van der Waals surface area contributed by atoms with Crippen LogP contribution in [0.1, 0.15) is 34.4 Å². The van der Waals surface area contributed by atoms with Gasteiger partial charge in [0.05, 0.1) is 16.8 Å². The molecule has 0 atom stereocenters. The van der Waals surface area contributed by atoms with Gasteiger partial charge in [0.25, 0.3) is 0 Å². The van der Waals surface area contributed by atoms with Gasteiger partial charge in [0.15, 0.2) is 10.8 Å². The van der Waals surface area contributed by atoms with Crippen molar-refractivity contribution >= 4 is 50.6 Å². The Morgan fingerprint density at radius 1 is 1.30 bits per heavy atom. The van der Waals surface area contributed by atoms with Gasteiger partial charge >= 0.3 is 0 Å². The summed E-state index contributed by atoms with van der Waals surface area (Å²) in [4.78, 5) is 13.9. The molecule has 3 aromatic heterocycles. The average molecular weight is 434 g/mol. The van der Waals surface area contributed by atoms with Gasteiger partial charge in [0.2, 0.25) is 5.91 Å². The maximum atomic E-state index is 12.7. The molecule has 150 valence electrons. The number of pyridine rings is 1. The van der Waals surface area contributed by atoms with Crippen molar-refractivity contribution in [2.24, 2.45) is 0 Å². The maximum Gasteiger partial charge on any atom is 0.235 e. The number of aromatic nitrogens is 3. The number of nitriles is 1. The van der Waals surface area contributed by atoms with Crippen LogP contribution in [-0.2, 0) is 17.6 Å². The first-order valence-electron chi connectivity index (χ1n) is 9.86. The number of amides is 1. The largest absolute Gasteiger partial charge is 0.316 e. The van der Waals surface area contributed by atoms with E-state index in [1.165, 1.54) is 16.6 Å². The normalized spacial score (nSPS) is 13.3. The Balaban J connectivity index is 1.38. The van der Waals surface area contributed by atoms with E-state index in [1.807, 2.05) is 28.7 Å². The molecule has 1 aromatic carbocycles. The molecular weight excluding hydrogens is 414 g/mol. The van der Waals surface area contributed by atoms with Gasteiger partial charge < -0.3 is 5.32 Å². The molecule has 6 nitrogen and oxygen atoms in total. The van der Waals surface area contributed by atoms with Gasteiger partial charge in [-0.3, -0.25) is 9.20 Å². The smallest absolute Gasteiger partial charge is 0.235 e. The zero-order valence-electron chi connectivity index (χ0n) is 16.4. The third kappa shape index (κ3) is 3.24. The monoisotopic (exact) mass is 433 g/mol. The minimum absolute atomic E-state index is 0.136. The fraction of sp³-hybridized carbons (Fsp3) is 0.273. The lowest BCUT2D eigenvalue weighted by Gasteiger charge is -2.09. The predicted octanol–water partition coefficient (Wildman–Crippen LogP) is 4.73. The Bertz CT molecular complexity index is 1330. The topological polar surface area (TPSA) is 83.1 Å². The van der Waals surface area contributed by atoms with Crippen LogP contribution in [0.2, 0.25) is 0 Å². The lowest BCUT2D eigenvalue weighted by atomic mass is 9.96. The highest BCUT2D eigenvalue weighted by molar-refractivity contribution is 7.99. The van der Waals surface area contributed by atoms with Gasteiger partial charge in [-0.1, -0.05) is 30.0 Å². The van der Waals surface area contributed by atoms with E-state index in [0.29, 0.717) is 15.7 Å². The van der Waals surface area contributed by atoms with E-state index in [2.05, 4.69) is 34.6 Å². The van der Waals surface area contributed by atoms with Crippen LogP contribution in [0.15, 0.2) is 35.5 Å². The molecule has 0 aliphatic heterocycles. The summed E-state index contributed by atoms with van der Waals surface area (Å²) in [6.45, 7) is 2.06. The highest BCUT2D eigenvalue weighted by Gasteiger charge is 2.22. The fourth-order valence-corrected chi connectivity index (χ4v) is 6.04. The molecule has 0 saturated heterocycles. The number of para-hydroxylation sites is 1. The first-order valence-corrected chi connectivity index (χ1v) is 11.7. The van der Waals surface area contributed by atoms with Crippen molar-refractivity contribution in [1.29, 1.82) is 5.26 Å². The molecule has 1 aliphatic rings. The van der Waals surface area contributed by atoms with Gasteiger partial charge in [-0.15, -0.1) is 21.5 Å². The molecule has 1 N–H and O–H groups in total. The standard InChI is InChI=1S/C22H19N5OS2/c1-13-10-19-25-26-22(27(19)17-8-4-2-6-14(13)17)29-12-20(28)24-21-16(11-23)15-7-3-5-9-18(15)30-21/h2,4,6,8,10H,3,5,7,9,12H2,1H3,(H,24,28). The number of rotatable bonds is 4. The van der Waals surface area contributed by atoms with Crippen LogP contribution in [-0.4, -0.2) is 26.3 Å². The molecular formula is C22H19N5OS2. The predicted molar refractivity (Wildman–Crippen MR) is 120 cm³/mol. The Labute approximate surface area is 181 Å². The van der Waals surface area contributed by atoms with Crippen molar-refractivity contribution in [3.8, 4) is 6.07 Å². The Morgan fingerprint density at radius 3 is 3.00 bits per heavy atom. The number of anilines is 1. The molecule has 3 heterocycles. The first kappa shape index (κ1) is 19.1. The zero-order valence-corrected chi connectivity index (χ0v) is 18.1. The van der Waals surface area contributed by atoms with Crippen LogP contribution in [0.3, 0.4) is 0 Å². The van der Waals surface area contributed by atoms with Crippen molar-refractivity contribution in [3.05, 3.63) is 51.9 Å². The summed E-state index contributed by atoms with van der Waals surface area (Å²) in [6, 6.07) is 12.4. The summed E-state index contributed by atoms with van der Waals surface area (Å²) < 4.78 is 1.99. The van der Waals surface area contributed by atoms with Crippen LogP contribution in [0.5, 0.6) is 0 Å². The third-order valence-electron chi connectivity index (χ3n) is 5.44. The Hall–Kier alpha value is -2.89. The number of thiophene rings is 1. The number of benzene rings is 1. The van der Waals surface area contributed by atoms with Crippen molar-refractivity contribution in [2.45, 2.75) is 37.8 Å². The molecule has 4 aromatic rings. The van der Waals surface area contributed by atoms with Crippen LogP contribution in [0, 0.1) is 18.3 Å². The minimum atomic E-state index is -0.136. The Kier molecular flexibility index (Phi) is 4.93. The lowest BCUT2D eigenvalue weighted by molar-refractivity contribution is -0.113. The number of fused-ring (bicyclic) bond motifs is 4. The van der Waals surface area contributed by atoms with Crippen molar-refractivity contribution in [3.63, 3.8) is 0 Å². The lowest BCUT2D eigenvalue weighted by Crippen LogP contribution is -2.14. The molecule has 1 aliphatic carbocycles. The molecule has 0 bridgehead atoms. The van der Waals surface area contributed by atoms with Gasteiger partial charge in [-0.25, -0.2) is 0 Å². The molecule has 0 unspecified atom stereocenters. The van der Waals surface area contributed by atoms with Crippen molar-refractivity contribution in [1.82, 2.24) is 14.6 Å². The van der Waals surface area contributed by atoms with E-state index in [1.54, 1.807) is 11.3 Å². The fourth-order valence-electron chi connectivity index (χ4n) is 4.03. The highest BCUT2D eigenvalue weighted by Crippen LogP contribution is 2.37. The molecule has 0 fully saturated rings. The van der Waals surface area contributed by atoms with Gasteiger partial charge in [-0.2, -0.15) is 5.26 Å². The second kappa shape index (κ2) is 7.74. The van der Waals surface area contributed by atoms with E-state index in [-0.39, 0.29) is 11.7 Å². The highest BCUT2D eigenvalue weighted by atomic mass is 32.2. The number of nitrogens with one attached hydrogen (secondary N) is 1. The number of carbonyl (C=O) groups excluding carboxylic acids is 1. The summed E-state index contributed by atoms with van der Waals surface area (Å²) in [5.74, 6) is 0.0689. The number of nitrogens with zero attached hydrogens (tertiary/aromatic N) is 4. The second-order valence-corrected chi connectivity index (χ2v) is 9.43. The molecule has 8 heteroatoms. The van der Waals surface area contributed by atoms with Crippen molar-refractivity contribution < 1.29 is 4.79 Å².